The number of carbonyl (C=O) groups is 1. The van der Waals surface area contributed by atoms with Crippen molar-refractivity contribution >= 4 is 11.6 Å². The summed E-state index contributed by atoms with van der Waals surface area (Å²) in [6.07, 6.45) is 1.88. The van der Waals surface area contributed by atoms with Crippen molar-refractivity contribution in [2.45, 2.75) is 39.3 Å². The Balaban J connectivity index is 1.34. The Kier molecular flexibility index (Phi) is 7.87. The second-order valence-corrected chi connectivity index (χ2v) is 8.84. The summed E-state index contributed by atoms with van der Waals surface area (Å²) in [5, 5.41) is 7.15. The third-order valence-corrected chi connectivity index (χ3v) is 5.84. The smallest absolute Gasteiger partial charge is 0.241 e. The number of methoxy groups -OCH3 is 2. The Bertz CT molecular complexity index is 1130. The number of amides is 1. The van der Waals surface area contributed by atoms with Crippen LogP contribution in [0.25, 0.3) is 11.4 Å². The van der Waals surface area contributed by atoms with Gasteiger partial charge in [0.2, 0.25) is 17.6 Å². The van der Waals surface area contributed by atoms with Crippen molar-refractivity contribution in [1.82, 2.24) is 15.0 Å². The van der Waals surface area contributed by atoms with Gasteiger partial charge in [0.05, 0.1) is 32.8 Å². The van der Waals surface area contributed by atoms with E-state index in [1.54, 1.807) is 14.2 Å². The highest BCUT2D eigenvalue weighted by atomic mass is 16.5. The summed E-state index contributed by atoms with van der Waals surface area (Å²) in [5.41, 5.74) is 1.54. The summed E-state index contributed by atoms with van der Waals surface area (Å²) in [4.78, 5) is 19.6. The molecule has 0 bridgehead atoms. The molecule has 9 heteroatoms. The molecular weight excluding hydrogens is 448 g/mol. The first kappa shape index (κ1) is 24.5. The largest absolute Gasteiger partial charge is 0.493 e. The Labute approximate surface area is 205 Å². The number of likely N-dealkylation sites (tertiary alicyclic amines) is 1. The number of nitrogens with zero attached hydrogens (tertiary/aromatic N) is 3. The molecule has 1 amide bonds. The molecule has 4 rings (SSSR count). The van der Waals surface area contributed by atoms with E-state index in [0.717, 1.165) is 36.4 Å². The fourth-order valence-corrected chi connectivity index (χ4v) is 4.15. The Morgan fingerprint density at radius 1 is 1.14 bits per heavy atom. The molecular formula is C26H32N4O5. The number of carbonyl (C=O) groups excluding carboxylic acids is 1. The van der Waals surface area contributed by atoms with Crippen LogP contribution in [0.1, 0.15) is 32.6 Å². The minimum atomic E-state index is -0.108. The molecule has 1 unspecified atom stereocenters. The summed E-state index contributed by atoms with van der Waals surface area (Å²) < 4.78 is 21.8. The van der Waals surface area contributed by atoms with Gasteiger partial charge < -0.3 is 24.1 Å². The SMILES string of the molecule is COc1ccc(-c2noc(CN3CCCC(C(=O)Nc4ccc(OC(C)C)cc4)C3)n2)cc1OC. The normalized spacial score (nSPS) is 16.2. The number of piperidine rings is 1. The monoisotopic (exact) mass is 480 g/mol. The summed E-state index contributed by atoms with van der Waals surface area (Å²) in [6, 6.07) is 13.0. The maximum absolute atomic E-state index is 12.9. The van der Waals surface area contributed by atoms with Crippen LogP contribution < -0.4 is 19.5 Å². The molecule has 1 aromatic heterocycles. The molecule has 186 valence electrons. The van der Waals surface area contributed by atoms with E-state index < -0.39 is 0 Å². The molecule has 35 heavy (non-hydrogen) atoms. The Hall–Kier alpha value is -3.59. The van der Waals surface area contributed by atoms with Gasteiger partial charge in [0.25, 0.3) is 0 Å². The molecule has 2 aromatic carbocycles. The molecule has 0 radical (unpaired) electrons. The molecule has 0 aliphatic carbocycles. The highest BCUT2D eigenvalue weighted by Gasteiger charge is 2.27. The number of nitrogens with one attached hydrogen (secondary N) is 1. The van der Waals surface area contributed by atoms with Crippen LogP contribution in [0.3, 0.4) is 0 Å². The van der Waals surface area contributed by atoms with Crippen LogP contribution >= 0.6 is 0 Å². The van der Waals surface area contributed by atoms with Gasteiger partial charge in [-0.1, -0.05) is 5.16 Å². The average Bonchev–Trinajstić information content (AvgIpc) is 3.33. The van der Waals surface area contributed by atoms with E-state index in [1.807, 2.05) is 56.3 Å². The molecule has 9 nitrogen and oxygen atoms in total. The van der Waals surface area contributed by atoms with Crippen molar-refractivity contribution in [3.8, 4) is 28.6 Å². The molecule has 0 spiro atoms. The van der Waals surface area contributed by atoms with Crippen molar-refractivity contribution in [2.24, 2.45) is 5.92 Å². The number of anilines is 1. The van der Waals surface area contributed by atoms with Crippen LogP contribution in [0.2, 0.25) is 0 Å². The van der Waals surface area contributed by atoms with Crippen molar-refractivity contribution in [2.75, 3.05) is 32.6 Å². The highest BCUT2D eigenvalue weighted by Crippen LogP contribution is 2.31. The quantitative estimate of drug-likeness (QED) is 0.481. The fraction of sp³-hybridized carbons (Fsp3) is 0.423. The highest BCUT2D eigenvalue weighted by molar-refractivity contribution is 5.92. The molecule has 1 aliphatic rings. The number of benzene rings is 2. The first-order valence-electron chi connectivity index (χ1n) is 11.8. The van der Waals surface area contributed by atoms with Gasteiger partial charge in [0.15, 0.2) is 11.5 Å². The molecule has 2 heterocycles. The lowest BCUT2D eigenvalue weighted by Crippen LogP contribution is -2.40. The van der Waals surface area contributed by atoms with Crippen LogP contribution in [0.15, 0.2) is 47.0 Å². The number of hydrogen-bond donors (Lipinski definition) is 1. The fourth-order valence-electron chi connectivity index (χ4n) is 4.15. The lowest BCUT2D eigenvalue weighted by atomic mass is 9.97. The van der Waals surface area contributed by atoms with Gasteiger partial charge in [-0.2, -0.15) is 4.98 Å². The standard InChI is InChI=1S/C26H32N4O5/c1-17(2)34-21-10-8-20(9-11-21)27-26(31)19-6-5-13-30(15-19)16-24-28-25(29-35-24)18-7-12-22(32-3)23(14-18)33-4/h7-12,14,17,19H,5-6,13,15-16H2,1-4H3,(H,27,31). The summed E-state index contributed by atoms with van der Waals surface area (Å²) >= 11 is 0. The third-order valence-electron chi connectivity index (χ3n) is 5.84. The second-order valence-electron chi connectivity index (χ2n) is 8.84. The molecule has 1 fully saturated rings. The van der Waals surface area contributed by atoms with Crippen LogP contribution in [0, 0.1) is 5.92 Å². The van der Waals surface area contributed by atoms with Crippen LogP contribution in [0.5, 0.6) is 17.2 Å². The van der Waals surface area contributed by atoms with Gasteiger partial charge in [0, 0.05) is 17.8 Å². The number of hydrogen-bond acceptors (Lipinski definition) is 8. The Morgan fingerprint density at radius 2 is 1.91 bits per heavy atom. The minimum absolute atomic E-state index is 0.0174. The molecule has 1 N–H and O–H groups in total. The zero-order valence-electron chi connectivity index (χ0n) is 20.6. The lowest BCUT2D eigenvalue weighted by molar-refractivity contribution is -0.121. The van der Waals surface area contributed by atoms with E-state index in [2.05, 4.69) is 20.4 Å². The van der Waals surface area contributed by atoms with Crippen LogP contribution in [-0.4, -0.2) is 54.4 Å². The van der Waals surface area contributed by atoms with Gasteiger partial charge >= 0.3 is 0 Å². The topological polar surface area (TPSA) is 99.0 Å². The maximum atomic E-state index is 12.9. The van der Waals surface area contributed by atoms with Crippen LogP contribution in [0.4, 0.5) is 5.69 Å². The predicted octanol–water partition coefficient (Wildman–Crippen LogP) is 4.39. The molecule has 3 aromatic rings. The van der Waals surface area contributed by atoms with E-state index in [9.17, 15) is 4.79 Å². The lowest BCUT2D eigenvalue weighted by Gasteiger charge is -2.30. The van der Waals surface area contributed by atoms with Crippen molar-refractivity contribution in [3.05, 3.63) is 48.4 Å². The summed E-state index contributed by atoms with van der Waals surface area (Å²) in [6.45, 7) is 5.96. The van der Waals surface area contributed by atoms with Crippen molar-refractivity contribution in [3.63, 3.8) is 0 Å². The maximum Gasteiger partial charge on any atom is 0.241 e. The van der Waals surface area contributed by atoms with Gasteiger partial charge in [-0.05, 0) is 75.7 Å². The van der Waals surface area contributed by atoms with Crippen molar-refractivity contribution in [1.29, 1.82) is 0 Å². The van der Waals surface area contributed by atoms with E-state index in [0.29, 0.717) is 36.3 Å². The van der Waals surface area contributed by atoms with Crippen LogP contribution in [-0.2, 0) is 11.3 Å². The molecule has 1 saturated heterocycles. The average molecular weight is 481 g/mol. The summed E-state index contributed by atoms with van der Waals surface area (Å²) in [7, 11) is 3.18. The predicted molar refractivity (Wildman–Crippen MR) is 132 cm³/mol. The summed E-state index contributed by atoms with van der Waals surface area (Å²) in [5.74, 6) is 2.93. The van der Waals surface area contributed by atoms with Gasteiger partial charge in [-0.3, -0.25) is 9.69 Å². The Morgan fingerprint density at radius 3 is 2.63 bits per heavy atom. The zero-order valence-corrected chi connectivity index (χ0v) is 20.6. The van der Waals surface area contributed by atoms with E-state index in [-0.39, 0.29) is 17.9 Å². The zero-order chi connectivity index (χ0) is 24.8. The second kappa shape index (κ2) is 11.2. The molecule has 1 aliphatic heterocycles. The van der Waals surface area contributed by atoms with Gasteiger partial charge in [-0.15, -0.1) is 0 Å². The first-order chi connectivity index (χ1) is 16.9. The van der Waals surface area contributed by atoms with E-state index in [1.165, 1.54) is 0 Å². The molecule has 0 saturated carbocycles. The molecule has 1 atom stereocenters. The third kappa shape index (κ3) is 6.30. The first-order valence-corrected chi connectivity index (χ1v) is 11.8. The van der Waals surface area contributed by atoms with Gasteiger partial charge in [-0.25, -0.2) is 0 Å². The van der Waals surface area contributed by atoms with Crippen molar-refractivity contribution < 1.29 is 23.5 Å². The van der Waals surface area contributed by atoms with E-state index >= 15 is 0 Å². The number of ether oxygens (including phenoxy) is 3. The number of rotatable bonds is 9. The van der Waals surface area contributed by atoms with Gasteiger partial charge in [0.1, 0.15) is 5.75 Å². The van der Waals surface area contributed by atoms with E-state index in [4.69, 9.17) is 18.7 Å². The minimum Gasteiger partial charge on any atom is -0.493 e. The number of aromatic nitrogens is 2.